The number of aromatic nitrogens is 1. The van der Waals surface area contributed by atoms with Crippen LogP contribution in [0.1, 0.15) is 59.2 Å². The molecule has 7 rings (SSSR count). The van der Waals surface area contributed by atoms with E-state index in [0.717, 1.165) is 72.6 Å². The highest BCUT2D eigenvalue weighted by Gasteiger charge is 2.45. The third-order valence-electron chi connectivity index (χ3n) is 10.5. The fraction of sp³-hybridized carbons (Fsp3) is 0.410. The summed E-state index contributed by atoms with van der Waals surface area (Å²) in [5.41, 5.74) is 5.80. The van der Waals surface area contributed by atoms with Gasteiger partial charge in [0.2, 0.25) is 17.7 Å². The molecule has 2 fully saturated rings. The van der Waals surface area contributed by atoms with E-state index >= 15 is 0 Å². The van der Waals surface area contributed by atoms with E-state index in [2.05, 4.69) is 39.1 Å². The number of halogens is 2. The highest BCUT2D eigenvalue weighted by Crippen LogP contribution is 2.50. The van der Waals surface area contributed by atoms with Gasteiger partial charge in [-0.25, -0.2) is 4.98 Å². The number of alkyl halides is 1. The summed E-state index contributed by atoms with van der Waals surface area (Å²) < 4.78 is 12.0. The summed E-state index contributed by atoms with van der Waals surface area (Å²) in [4.78, 5) is 31.2. The van der Waals surface area contributed by atoms with Crippen LogP contribution < -0.4 is 25.4 Å². The number of methoxy groups -OCH3 is 2. The molecule has 2 saturated heterocycles. The summed E-state index contributed by atoms with van der Waals surface area (Å²) in [6.45, 7) is 3.62. The van der Waals surface area contributed by atoms with Crippen molar-refractivity contribution in [2.75, 3.05) is 33.9 Å². The molecular formula is C39H43Cl2N5O4. The van der Waals surface area contributed by atoms with Crippen molar-refractivity contribution < 1.29 is 19.1 Å². The smallest absolute Gasteiger partial charge is 0.220 e. The van der Waals surface area contributed by atoms with E-state index in [0.29, 0.717) is 36.8 Å². The molecule has 1 aromatic heterocycles. The van der Waals surface area contributed by atoms with Crippen molar-refractivity contribution in [3.63, 3.8) is 0 Å². The third-order valence-corrected chi connectivity index (χ3v) is 11.4. The van der Waals surface area contributed by atoms with E-state index in [4.69, 9.17) is 37.7 Å². The summed E-state index contributed by atoms with van der Waals surface area (Å²) >= 11 is 14.5. The Balaban J connectivity index is 1.28. The van der Waals surface area contributed by atoms with Gasteiger partial charge in [0.15, 0.2) is 0 Å². The fourth-order valence-corrected chi connectivity index (χ4v) is 8.63. The summed E-state index contributed by atoms with van der Waals surface area (Å²) in [6, 6.07) is 16.5. The van der Waals surface area contributed by atoms with E-state index in [1.165, 1.54) is 11.1 Å². The minimum absolute atomic E-state index is 0.0981. The highest BCUT2D eigenvalue weighted by atomic mass is 35.5. The van der Waals surface area contributed by atoms with Crippen LogP contribution in [-0.2, 0) is 34.5 Å². The maximum Gasteiger partial charge on any atom is 0.220 e. The summed E-state index contributed by atoms with van der Waals surface area (Å²) in [5, 5.41) is 9.63. The molecule has 262 valence electrons. The van der Waals surface area contributed by atoms with E-state index in [9.17, 15) is 9.59 Å². The number of benzene rings is 2. The first-order valence-electron chi connectivity index (χ1n) is 17.3. The molecule has 4 heterocycles. The normalized spacial score (nSPS) is 24.8. The SMILES string of the molecule is COc1cc(C2(c3ccc(CNC[C@@H]4CCC(=O)N4)c(OC)n3)C=CC=C(c3ccccc3Cl)C2Cl)cc2c1CCN(C[C@@H]1CCC(=O)N1)C2. The number of fused-ring (bicyclic) bond motifs is 1. The molecular weight excluding hydrogens is 673 g/mol. The number of allylic oxidation sites excluding steroid dienone is 4. The molecule has 50 heavy (non-hydrogen) atoms. The van der Waals surface area contributed by atoms with Gasteiger partial charge in [-0.2, -0.15) is 0 Å². The largest absolute Gasteiger partial charge is 0.496 e. The molecule has 2 unspecified atom stereocenters. The van der Waals surface area contributed by atoms with Crippen molar-refractivity contribution in [2.24, 2.45) is 0 Å². The van der Waals surface area contributed by atoms with Gasteiger partial charge in [-0.15, -0.1) is 11.6 Å². The molecule has 2 amide bonds. The van der Waals surface area contributed by atoms with E-state index < -0.39 is 10.8 Å². The van der Waals surface area contributed by atoms with E-state index in [-0.39, 0.29) is 23.9 Å². The zero-order chi connectivity index (χ0) is 34.8. The van der Waals surface area contributed by atoms with E-state index in [1.807, 2.05) is 48.6 Å². The predicted molar refractivity (Wildman–Crippen MR) is 196 cm³/mol. The van der Waals surface area contributed by atoms with Crippen molar-refractivity contribution in [3.05, 3.63) is 105 Å². The first kappa shape index (κ1) is 34.6. The number of carbonyl (C=O) groups excluding carboxylic acids is 2. The number of hydrogen-bond acceptors (Lipinski definition) is 7. The second-order valence-electron chi connectivity index (χ2n) is 13.6. The van der Waals surface area contributed by atoms with Gasteiger partial charge in [0, 0.05) is 68.2 Å². The van der Waals surface area contributed by atoms with Crippen molar-refractivity contribution in [1.29, 1.82) is 0 Å². The van der Waals surface area contributed by atoms with Crippen molar-refractivity contribution in [3.8, 4) is 11.6 Å². The monoisotopic (exact) mass is 715 g/mol. The number of ether oxygens (including phenoxy) is 2. The summed E-state index contributed by atoms with van der Waals surface area (Å²) in [5.74, 6) is 1.56. The Morgan fingerprint density at radius 3 is 2.50 bits per heavy atom. The number of amides is 2. The first-order chi connectivity index (χ1) is 24.3. The number of pyridine rings is 1. The molecule has 0 bridgehead atoms. The lowest BCUT2D eigenvalue weighted by molar-refractivity contribution is -0.120. The molecule has 0 radical (unpaired) electrons. The summed E-state index contributed by atoms with van der Waals surface area (Å²) in [7, 11) is 3.35. The van der Waals surface area contributed by atoms with Crippen LogP contribution in [0, 0.1) is 0 Å². The average molecular weight is 717 g/mol. The average Bonchev–Trinajstić information content (AvgIpc) is 3.74. The molecule has 9 nitrogen and oxygen atoms in total. The fourth-order valence-electron chi connectivity index (χ4n) is 7.89. The molecule has 0 saturated carbocycles. The van der Waals surface area contributed by atoms with Crippen LogP contribution in [-0.4, -0.2) is 73.0 Å². The van der Waals surface area contributed by atoms with Gasteiger partial charge in [-0.1, -0.05) is 60.2 Å². The zero-order valence-electron chi connectivity index (χ0n) is 28.4. The Morgan fingerprint density at radius 1 is 1.00 bits per heavy atom. The van der Waals surface area contributed by atoms with Crippen molar-refractivity contribution in [1.82, 2.24) is 25.8 Å². The number of carbonyl (C=O) groups is 2. The molecule has 3 aromatic rings. The molecule has 2 aromatic carbocycles. The van der Waals surface area contributed by atoms with Gasteiger partial charge < -0.3 is 25.4 Å². The van der Waals surface area contributed by atoms with Crippen LogP contribution in [0.3, 0.4) is 0 Å². The van der Waals surface area contributed by atoms with Gasteiger partial charge in [-0.3, -0.25) is 14.5 Å². The number of hydrogen-bond donors (Lipinski definition) is 3. The third kappa shape index (κ3) is 6.76. The first-order valence-corrected chi connectivity index (χ1v) is 18.1. The molecule has 0 spiro atoms. The second kappa shape index (κ2) is 14.8. The predicted octanol–water partition coefficient (Wildman–Crippen LogP) is 5.30. The lowest BCUT2D eigenvalue weighted by atomic mass is 9.68. The minimum Gasteiger partial charge on any atom is -0.496 e. The van der Waals surface area contributed by atoms with Crippen LogP contribution in [0.4, 0.5) is 0 Å². The zero-order valence-corrected chi connectivity index (χ0v) is 29.9. The van der Waals surface area contributed by atoms with Gasteiger partial charge in [0.05, 0.1) is 30.7 Å². The Kier molecular flexibility index (Phi) is 10.2. The molecule has 3 N–H and O–H groups in total. The lowest BCUT2D eigenvalue weighted by Crippen LogP contribution is -2.42. The Bertz CT molecular complexity index is 1850. The Labute approximate surface area is 303 Å². The van der Waals surface area contributed by atoms with Crippen LogP contribution in [0.25, 0.3) is 5.57 Å². The van der Waals surface area contributed by atoms with E-state index in [1.54, 1.807) is 14.2 Å². The van der Waals surface area contributed by atoms with Gasteiger partial charge in [0.25, 0.3) is 0 Å². The quantitative estimate of drug-likeness (QED) is 0.232. The number of nitrogens with zero attached hydrogens (tertiary/aromatic N) is 2. The van der Waals surface area contributed by atoms with Crippen molar-refractivity contribution in [2.45, 2.75) is 68.1 Å². The number of rotatable bonds is 11. The van der Waals surface area contributed by atoms with Crippen molar-refractivity contribution >= 4 is 40.6 Å². The lowest BCUT2D eigenvalue weighted by Gasteiger charge is -2.40. The van der Waals surface area contributed by atoms with Crippen LogP contribution >= 0.6 is 23.2 Å². The standard InChI is InChI=1S/C39H43Cl2N5O4/c1-49-33-19-26(18-25-22-46(17-15-29(25)33)23-28-11-14-36(48)44-28)39(16-5-7-31(37(39)41)30-6-3-4-8-32(30)40)34-12-9-24(38(45-34)50-2)20-42-21-27-10-13-35(47)43-27/h3-9,12,16,18-19,27-28,37,42H,10-11,13-15,17,20-23H2,1-2H3,(H,43,47)(H,44,48)/t27-,28-,37?,39?/m0/s1. The topological polar surface area (TPSA) is 105 Å². The maximum absolute atomic E-state index is 11.9. The number of nitrogens with one attached hydrogen (secondary N) is 3. The Morgan fingerprint density at radius 2 is 1.78 bits per heavy atom. The summed E-state index contributed by atoms with van der Waals surface area (Å²) in [6.07, 6.45) is 9.88. The van der Waals surface area contributed by atoms with Gasteiger partial charge >= 0.3 is 0 Å². The second-order valence-corrected chi connectivity index (χ2v) is 14.4. The van der Waals surface area contributed by atoms with Crippen LogP contribution in [0.5, 0.6) is 11.6 Å². The maximum atomic E-state index is 11.9. The highest BCUT2D eigenvalue weighted by molar-refractivity contribution is 6.34. The molecule has 4 atom stereocenters. The minimum atomic E-state index is -0.914. The van der Waals surface area contributed by atoms with Gasteiger partial charge in [-0.05, 0) is 65.3 Å². The van der Waals surface area contributed by atoms with Crippen LogP contribution in [0.2, 0.25) is 5.02 Å². The van der Waals surface area contributed by atoms with Crippen LogP contribution in [0.15, 0.2) is 66.8 Å². The molecule has 4 aliphatic rings. The van der Waals surface area contributed by atoms with Gasteiger partial charge in [0.1, 0.15) is 5.75 Å². The Hall–Kier alpha value is -3.89. The molecule has 1 aliphatic carbocycles. The molecule has 3 aliphatic heterocycles. The molecule has 11 heteroatoms.